The fourth-order valence-electron chi connectivity index (χ4n) is 2.51. The van der Waals surface area contributed by atoms with Gasteiger partial charge in [-0.1, -0.05) is 20.8 Å². The van der Waals surface area contributed by atoms with Crippen molar-refractivity contribution in [2.75, 3.05) is 11.5 Å². The van der Waals surface area contributed by atoms with Crippen molar-refractivity contribution >= 4 is 25.6 Å². The summed E-state index contributed by atoms with van der Waals surface area (Å²) >= 11 is 0. The fraction of sp³-hybridized carbons (Fsp3) is 0.588. The molecule has 0 bridgehead atoms. The third-order valence-electron chi connectivity index (χ3n) is 5.11. The highest BCUT2D eigenvalue weighted by atomic mass is 28.4. The maximum Gasteiger partial charge on any atom is 0.269 e. The zero-order chi connectivity index (χ0) is 18.1. The topological polar surface area (TPSA) is 72.7 Å². The molecule has 1 atom stereocenters. The normalized spacial score (nSPS) is 19.0. The monoisotopic (exact) mass is 350 g/mol. The highest BCUT2D eigenvalue weighted by Gasteiger charge is 2.40. The second-order valence-electron chi connectivity index (χ2n) is 7.80. The number of nitro groups is 1. The predicted molar refractivity (Wildman–Crippen MR) is 96.8 cm³/mol. The number of rotatable bonds is 5. The van der Waals surface area contributed by atoms with Gasteiger partial charge < -0.3 is 9.33 Å². The molecule has 0 saturated carbocycles. The highest BCUT2D eigenvalue weighted by molar-refractivity contribution is 6.74. The lowest BCUT2D eigenvalue weighted by atomic mass is 10.2. The Balaban J connectivity index is 2.13. The molecule has 24 heavy (non-hydrogen) atoms. The molecule has 1 fully saturated rings. The minimum Gasteiger partial charge on any atom is -0.415 e. The van der Waals surface area contributed by atoms with E-state index in [0.29, 0.717) is 18.7 Å². The van der Waals surface area contributed by atoms with Gasteiger partial charge in [-0.2, -0.15) is 0 Å². The van der Waals surface area contributed by atoms with Gasteiger partial charge in [0, 0.05) is 24.2 Å². The van der Waals surface area contributed by atoms with E-state index in [2.05, 4.69) is 33.9 Å². The fourth-order valence-corrected chi connectivity index (χ4v) is 3.55. The maximum atomic E-state index is 12.3. The lowest BCUT2D eigenvalue weighted by Crippen LogP contribution is -2.45. The molecule has 0 aliphatic carbocycles. The van der Waals surface area contributed by atoms with Crippen molar-refractivity contribution in [1.29, 1.82) is 0 Å². The molecule has 2 rings (SSSR count). The van der Waals surface area contributed by atoms with Gasteiger partial charge in [0.2, 0.25) is 5.91 Å². The summed E-state index contributed by atoms with van der Waals surface area (Å²) in [5, 5.41) is 10.9. The molecule has 0 radical (unpaired) electrons. The summed E-state index contributed by atoms with van der Waals surface area (Å²) in [6, 6.07) is 6.15. The first kappa shape index (κ1) is 18.6. The molecule has 0 spiro atoms. The Morgan fingerprint density at radius 1 is 1.29 bits per heavy atom. The second kappa shape index (κ2) is 6.64. The molecule has 1 amide bonds. The van der Waals surface area contributed by atoms with Gasteiger partial charge in [-0.3, -0.25) is 14.9 Å². The number of carbonyl (C=O) groups is 1. The van der Waals surface area contributed by atoms with Gasteiger partial charge in [-0.15, -0.1) is 0 Å². The summed E-state index contributed by atoms with van der Waals surface area (Å²) in [7, 11) is -1.88. The summed E-state index contributed by atoms with van der Waals surface area (Å²) in [4.78, 5) is 24.3. The maximum absolute atomic E-state index is 12.3. The number of hydrogen-bond donors (Lipinski definition) is 0. The third-order valence-corrected chi connectivity index (χ3v) is 9.61. The van der Waals surface area contributed by atoms with E-state index < -0.39 is 13.2 Å². The average Bonchev–Trinajstić information content (AvgIpc) is 2.85. The SMILES string of the molecule is CC(C)(C)[Si](C)(C)OC[C@H]1CCC(=O)N1c1ccc([N+](=O)[O-])cc1. The van der Waals surface area contributed by atoms with E-state index in [1.54, 1.807) is 17.0 Å². The Bertz CT molecular complexity index is 622. The molecular weight excluding hydrogens is 324 g/mol. The van der Waals surface area contributed by atoms with Crippen LogP contribution < -0.4 is 4.90 Å². The smallest absolute Gasteiger partial charge is 0.269 e. The van der Waals surface area contributed by atoms with Gasteiger partial charge in [0.15, 0.2) is 8.32 Å². The van der Waals surface area contributed by atoms with E-state index in [1.165, 1.54) is 12.1 Å². The van der Waals surface area contributed by atoms with Crippen molar-refractivity contribution in [2.45, 2.75) is 57.8 Å². The lowest BCUT2D eigenvalue weighted by molar-refractivity contribution is -0.384. The Hall–Kier alpha value is -1.73. The van der Waals surface area contributed by atoms with E-state index in [1.807, 2.05) is 0 Å². The molecule has 1 aliphatic rings. The number of non-ortho nitro benzene ring substituents is 1. The first-order valence-electron chi connectivity index (χ1n) is 8.23. The molecule has 1 aromatic rings. The summed E-state index contributed by atoms with van der Waals surface area (Å²) in [6.45, 7) is 11.5. The van der Waals surface area contributed by atoms with Gasteiger partial charge in [-0.05, 0) is 36.7 Å². The Kier molecular flexibility index (Phi) is 5.15. The van der Waals surface area contributed by atoms with Crippen LogP contribution >= 0.6 is 0 Å². The van der Waals surface area contributed by atoms with Crippen molar-refractivity contribution in [3.63, 3.8) is 0 Å². The molecule has 1 aliphatic heterocycles. The predicted octanol–water partition coefficient (Wildman–Crippen LogP) is 4.11. The number of nitrogens with zero attached hydrogens (tertiary/aromatic N) is 2. The quantitative estimate of drug-likeness (QED) is 0.455. The number of carbonyl (C=O) groups excluding carboxylic acids is 1. The summed E-state index contributed by atoms with van der Waals surface area (Å²) in [6.07, 6.45) is 1.24. The molecule has 1 aromatic carbocycles. The van der Waals surface area contributed by atoms with Crippen LogP contribution in [0.25, 0.3) is 0 Å². The van der Waals surface area contributed by atoms with Crippen molar-refractivity contribution in [3.8, 4) is 0 Å². The van der Waals surface area contributed by atoms with Gasteiger partial charge in [0.1, 0.15) is 0 Å². The van der Waals surface area contributed by atoms with Crippen molar-refractivity contribution < 1.29 is 14.1 Å². The molecule has 132 valence electrons. The lowest BCUT2D eigenvalue weighted by Gasteiger charge is -2.38. The van der Waals surface area contributed by atoms with Crippen LogP contribution in [0, 0.1) is 10.1 Å². The summed E-state index contributed by atoms with van der Waals surface area (Å²) in [5.41, 5.74) is 0.728. The first-order valence-corrected chi connectivity index (χ1v) is 11.1. The van der Waals surface area contributed by atoms with E-state index in [4.69, 9.17) is 4.43 Å². The third kappa shape index (κ3) is 3.84. The van der Waals surface area contributed by atoms with Crippen LogP contribution in [0.15, 0.2) is 24.3 Å². The standard InChI is InChI=1S/C17H26N2O4Si/c1-17(2,3)24(4,5)23-12-15-10-11-16(20)18(15)13-6-8-14(9-7-13)19(21)22/h6-9,15H,10-12H2,1-5H3/t15-/m1/s1. The zero-order valence-electron chi connectivity index (χ0n) is 15.0. The molecule has 0 aromatic heterocycles. The summed E-state index contributed by atoms with van der Waals surface area (Å²) < 4.78 is 6.28. The van der Waals surface area contributed by atoms with Gasteiger partial charge in [0.05, 0.1) is 17.6 Å². The molecule has 0 unspecified atom stereocenters. The zero-order valence-corrected chi connectivity index (χ0v) is 16.0. The van der Waals surface area contributed by atoms with Gasteiger partial charge in [-0.25, -0.2) is 0 Å². The Labute approximate surface area is 144 Å². The van der Waals surface area contributed by atoms with E-state index in [9.17, 15) is 14.9 Å². The van der Waals surface area contributed by atoms with Crippen LogP contribution in [-0.4, -0.2) is 31.8 Å². The van der Waals surface area contributed by atoms with Crippen molar-refractivity contribution in [2.24, 2.45) is 0 Å². The van der Waals surface area contributed by atoms with E-state index in [0.717, 1.165) is 6.42 Å². The molecule has 6 nitrogen and oxygen atoms in total. The van der Waals surface area contributed by atoms with E-state index in [-0.39, 0.29) is 22.7 Å². The molecule has 7 heteroatoms. The molecule has 0 N–H and O–H groups in total. The van der Waals surface area contributed by atoms with Gasteiger partial charge in [0.25, 0.3) is 5.69 Å². The van der Waals surface area contributed by atoms with Crippen LogP contribution in [0.3, 0.4) is 0 Å². The first-order chi connectivity index (χ1) is 11.0. The Morgan fingerprint density at radius 3 is 2.38 bits per heavy atom. The Morgan fingerprint density at radius 2 is 1.88 bits per heavy atom. The van der Waals surface area contributed by atoms with Crippen LogP contribution in [0.4, 0.5) is 11.4 Å². The van der Waals surface area contributed by atoms with E-state index >= 15 is 0 Å². The average molecular weight is 350 g/mol. The largest absolute Gasteiger partial charge is 0.415 e. The van der Waals surface area contributed by atoms with Crippen LogP contribution in [0.5, 0.6) is 0 Å². The number of nitro benzene ring substituents is 1. The number of benzene rings is 1. The minimum absolute atomic E-state index is 0.00641. The molecule has 1 saturated heterocycles. The van der Waals surface area contributed by atoms with Crippen molar-refractivity contribution in [1.82, 2.24) is 0 Å². The summed E-state index contributed by atoms with van der Waals surface area (Å²) in [5.74, 6) is 0.0488. The molecular formula is C17H26N2O4Si. The van der Waals surface area contributed by atoms with Crippen LogP contribution in [0.2, 0.25) is 18.1 Å². The van der Waals surface area contributed by atoms with Crippen LogP contribution in [0.1, 0.15) is 33.6 Å². The highest BCUT2D eigenvalue weighted by Crippen LogP contribution is 2.37. The number of anilines is 1. The number of amides is 1. The number of hydrogen-bond acceptors (Lipinski definition) is 4. The van der Waals surface area contributed by atoms with Gasteiger partial charge >= 0.3 is 0 Å². The van der Waals surface area contributed by atoms with Crippen LogP contribution in [-0.2, 0) is 9.22 Å². The second-order valence-corrected chi connectivity index (χ2v) is 12.6. The molecule has 1 heterocycles. The minimum atomic E-state index is -1.88. The van der Waals surface area contributed by atoms with Crippen molar-refractivity contribution in [3.05, 3.63) is 34.4 Å².